The summed E-state index contributed by atoms with van der Waals surface area (Å²) in [7, 11) is 0. The second-order valence-corrected chi connectivity index (χ2v) is 7.42. The minimum Gasteiger partial charge on any atom is -0.451 e. The molecule has 0 fully saturated rings. The van der Waals surface area contributed by atoms with E-state index in [0.717, 1.165) is 18.4 Å². The standard InChI is InChI=1S/C18H15ClN2O3S/c19-13-7-5-11(6-8-13)17-21-20-16(24-17)10-23-18(22)15-9-12-3-1-2-4-14(12)25-15/h5-9H,1-4,10H2. The van der Waals surface area contributed by atoms with Crippen LogP contribution in [0.1, 0.15) is 38.8 Å². The van der Waals surface area contributed by atoms with Gasteiger partial charge in [-0.1, -0.05) is 11.6 Å². The molecular formula is C18H15ClN2O3S. The van der Waals surface area contributed by atoms with Crippen LogP contribution in [0.4, 0.5) is 0 Å². The Morgan fingerprint density at radius 2 is 2.00 bits per heavy atom. The van der Waals surface area contributed by atoms with E-state index in [-0.39, 0.29) is 18.5 Å². The number of thiophene rings is 1. The number of fused-ring (bicyclic) bond motifs is 1. The van der Waals surface area contributed by atoms with Crippen molar-refractivity contribution >= 4 is 28.9 Å². The van der Waals surface area contributed by atoms with E-state index < -0.39 is 0 Å². The molecule has 1 aliphatic carbocycles. The van der Waals surface area contributed by atoms with Gasteiger partial charge in [-0.05, 0) is 61.6 Å². The Labute approximate surface area is 153 Å². The van der Waals surface area contributed by atoms with E-state index >= 15 is 0 Å². The van der Waals surface area contributed by atoms with Gasteiger partial charge in [-0.2, -0.15) is 0 Å². The minimum absolute atomic E-state index is 0.0397. The SMILES string of the molecule is O=C(OCc1nnc(-c2ccc(Cl)cc2)o1)c1cc2c(s1)CCCC2. The van der Waals surface area contributed by atoms with E-state index in [0.29, 0.717) is 15.8 Å². The lowest BCUT2D eigenvalue weighted by molar-refractivity contribution is 0.0444. The van der Waals surface area contributed by atoms with E-state index in [1.807, 2.05) is 6.07 Å². The van der Waals surface area contributed by atoms with Crippen LogP contribution in [0.15, 0.2) is 34.7 Å². The molecule has 1 aromatic carbocycles. The molecule has 0 bridgehead atoms. The molecule has 0 saturated heterocycles. The van der Waals surface area contributed by atoms with Crippen molar-refractivity contribution in [2.75, 3.05) is 0 Å². The van der Waals surface area contributed by atoms with Crippen LogP contribution in [-0.4, -0.2) is 16.2 Å². The molecule has 4 rings (SSSR count). The number of halogens is 1. The summed E-state index contributed by atoms with van der Waals surface area (Å²) in [5.74, 6) is 0.291. The molecule has 0 radical (unpaired) electrons. The number of rotatable bonds is 4. The van der Waals surface area contributed by atoms with Crippen LogP contribution in [0, 0.1) is 0 Å². The topological polar surface area (TPSA) is 65.2 Å². The number of hydrogen-bond acceptors (Lipinski definition) is 6. The van der Waals surface area contributed by atoms with Crippen molar-refractivity contribution in [2.24, 2.45) is 0 Å². The fraction of sp³-hybridized carbons (Fsp3) is 0.278. The van der Waals surface area contributed by atoms with Crippen molar-refractivity contribution in [3.63, 3.8) is 0 Å². The third-order valence-electron chi connectivity index (χ3n) is 4.08. The Morgan fingerprint density at radius 3 is 2.80 bits per heavy atom. The zero-order chi connectivity index (χ0) is 17.2. The summed E-state index contributed by atoms with van der Waals surface area (Å²) in [6.07, 6.45) is 4.49. The van der Waals surface area contributed by atoms with Gasteiger partial charge in [-0.3, -0.25) is 0 Å². The van der Waals surface area contributed by atoms with Gasteiger partial charge in [0, 0.05) is 15.5 Å². The Balaban J connectivity index is 1.40. The van der Waals surface area contributed by atoms with Crippen LogP contribution in [0.2, 0.25) is 5.02 Å². The first kappa shape index (κ1) is 16.3. The molecule has 128 valence electrons. The molecule has 0 saturated carbocycles. The summed E-state index contributed by atoms with van der Waals surface area (Å²) in [6, 6.07) is 9.04. The summed E-state index contributed by atoms with van der Waals surface area (Å²) >= 11 is 7.39. The molecule has 0 amide bonds. The van der Waals surface area contributed by atoms with Gasteiger partial charge in [-0.15, -0.1) is 21.5 Å². The number of aromatic nitrogens is 2. The molecule has 0 spiro atoms. The number of carbonyl (C=O) groups is 1. The molecule has 3 aromatic rings. The largest absolute Gasteiger partial charge is 0.451 e. The number of aryl methyl sites for hydroxylation is 2. The van der Waals surface area contributed by atoms with Crippen molar-refractivity contribution in [3.8, 4) is 11.5 Å². The van der Waals surface area contributed by atoms with Gasteiger partial charge >= 0.3 is 5.97 Å². The highest BCUT2D eigenvalue weighted by Gasteiger charge is 2.19. The summed E-state index contributed by atoms with van der Waals surface area (Å²) in [5.41, 5.74) is 2.05. The third kappa shape index (κ3) is 3.60. The maximum absolute atomic E-state index is 12.2. The minimum atomic E-state index is -0.342. The van der Waals surface area contributed by atoms with E-state index in [9.17, 15) is 4.79 Å². The Morgan fingerprint density at radius 1 is 1.20 bits per heavy atom. The number of ether oxygens (including phenoxy) is 1. The van der Waals surface area contributed by atoms with Crippen LogP contribution >= 0.6 is 22.9 Å². The number of esters is 1. The van der Waals surface area contributed by atoms with Crippen LogP contribution in [0.3, 0.4) is 0 Å². The van der Waals surface area contributed by atoms with Crippen molar-refractivity contribution in [1.82, 2.24) is 10.2 Å². The van der Waals surface area contributed by atoms with Crippen LogP contribution < -0.4 is 0 Å². The van der Waals surface area contributed by atoms with Crippen molar-refractivity contribution in [3.05, 3.63) is 56.6 Å². The number of hydrogen-bond donors (Lipinski definition) is 0. The zero-order valence-corrected chi connectivity index (χ0v) is 14.9. The first-order valence-electron chi connectivity index (χ1n) is 8.06. The van der Waals surface area contributed by atoms with Crippen LogP contribution in [-0.2, 0) is 24.2 Å². The fourth-order valence-corrected chi connectivity index (χ4v) is 4.08. The average molecular weight is 375 g/mol. The average Bonchev–Trinajstić information content (AvgIpc) is 3.27. The van der Waals surface area contributed by atoms with Gasteiger partial charge in [0.15, 0.2) is 6.61 Å². The quantitative estimate of drug-likeness (QED) is 0.620. The second kappa shape index (κ2) is 6.98. The summed E-state index contributed by atoms with van der Waals surface area (Å²) in [6.45, 7) is -0.0397. The Kier molecular flexibility index (Phi) is 4.55. The van der Waals surface area contributed by atoms with Gasteiger partial charge < -0.3 is 9.15 Å². The lowest BCUT2D eigenvalue weighted by Crippen LogP contribution is -2.03. The Hall–Kier alpha value is -2.18. The number of carbonyl (C=O) groups excluding carboxylic acids is 1. The molecule has 5 nitrogen and oxygen atoms in total. The van der Waals surface area contributed by atoms with E-state index in [2.05, 4.69) is 10.2 Å². The van der Waals surface area contributed by atoms with E-state index in [1.165, 1.54) is 34.6 Å². The lowest BCUT2D eigenvalue weighted by atomic mass is 9.99. The first-order chi connectivity index (χ1) is 12.2. The number of benzene rings is 1. The molecule has 0 N–H and O–H groups in total. The lowest BCUT2D eigenvalue weighted by Gasteiger charge is -2.08. The first-order valence-corrected chi connectivity index (χ1v) is 9.25. The van der Waals surface area contributed by atoms with Crippen LogP contribution in [0.5, 0.6) is 0 Å². The van der Waals surface area contributed by atoms with Crippen LogP contribution in [0.25, 0.3) is 11.5 Å². The summed E-state index contributed by atoms with van der Waals surface area (Å²) in [4.78, 5) is 14.2. The van der Waals surface area contributed by atoms with Gasteiger partial charge in [0.1, 0.15) is 4.88 Å². The summed E-state index contributed by atoms with van der Waals surface area (Å²) in [5, 5.41) is 8.53. The second-order valence-electron chi connectivity index (χ2n) is 5.85. The monoisotopic (exact) mass is 374 g/mol. The predicted octanol–water partition coefficient (Wildman–Crippen LogP) is 4.69. The molecule has 2 heterocycles. The van der Waals surface area contributed by atoms with Crippen molar-refractivity contribution in [1.29, 1.82) is 0 Å². The molecule has 0 aliphatic heterocycles. The normalized spacial score (nSPS) is 13.5. The molecule has 7 heteroatoms. The van der Waals surface area contributed by atoms with Crippen molar-refractivity contribution in [2.45, 2.75) is 32.3 Å². The number of nitrogens with zero attached hydrogens (tertiary/aromatic N) is 2. The zero-order valence-electron chi connectivity index (χ0n) is 13.3. The molecule has 1 aliphatic rings. The van der Waals surface area contributed by atoms with Gasteiger partial charge in [0.05, 0.1) is 0 Å². The fourth-order valence-electron chi connectivity index (χ4n) is 2.81. The van der Waals surface area contributed by atoms with Crippen molar-refractivity contribution < 1.29 is 13.9 Å². The Bertz CT molecular complexity index is 878. The summed E-state index contributed by atoms with van der Waals surface area (Å²) < 4.78 is 10.9. The van der Waals surface area contributed by atoms with Gasteiger partial charge in [0.2, 0.25) is 5.89 Å². The maximum Gasteiger partial charge on any atom is 0.348 e. The highest BCUT2D eigenvalue weighted by molar-refractivity contribution is 7.14. The highest BCUT2D eigenvalue weighted by Crippen LogP contribution is 2.30. The molecular weight excluding hydrogens is 360 g/mol. The predicted molar refractivity (Wildman–Crippen MR) is 94.8 cm³/mol. The van der Waals surface area contributed by atoms with Gasteiger partial charge in [-0.25, -0.2) is 4.79 Å². The molecule has 0 atom stereocenters. The maximum atomic E-state index is 12.2. The van der Waals surface area contributed by atoms with E-state index in [4.69, 9.17) is 20.8 Å². The van der Waals surface area contributed by atoms with Gasteiger partial charge in [0.25, 0.3) is 5.89 Å². The molecule has 0 unspecified atom stereocenters. The smallest absolute Gasteiger partial charge is 0.348 e. The molecule has 2 aromatic heterocycles. The van der Waals surface area contributed by atoms with E-state index in [1.54, 1.807) is 24.3 Å². The highest BCUT2D eigenvalue weighted by atomic mass is 35.5. The third-order valence-corrected chi connectivity index (χ3v) is 5.55. The molecule has 25 heavy (non-hydrogen) atoms.